The van der Waals surface area contributed by atoms with Gasteiger partial charge < -0.3 is 5.32 Å². The molecule has 2 N–H and O–H groups in total. The van der Waals surface area contributed by atoms with Crippen molar-refractivity contribution in [3.8, 4) is 6.07 Å². The monoisotopic (exact) mass is 228 g/mol. The maximum Gasteiger partial charge on any atom is 0.137 e. The van der Waals surface area contributed by atoms with Crippen LogP contribution in [-0.2, 0) is 6.42 Å². The van der Waals surface area contributed by atoms with E-state index < -0.39 is 0 Å². The molecule has 2 aromatic heterocycles. The molecule has 0 aliphatic carbocycles. The van der Waals surface area contributed by atoms with Gasteiger partial charge >= 0.3 is 0 Å². The topological polar surface area (TPSA) is 90.3 Å². The smallest absolute Gasteiger partial charge is 0.137 e. The fourth-order valence-corrected chi connectivity index (χ4v) is 1.48. The van der Waals surface area contributed by atoms with Crippen LogP contribution >= 0.6 is 0 Å². The van der Waals surface area contributed by atoms with Gasteiger partial charge in [-0.05, 0) is 19.1 Å². The summed E-state index contributed by atoms with van der Waals surface area (Å²) < 4.78 is 0. The van der Waals surface area contributed by atoms with Crippen molar-refractivity contribution in [2.24, 2.45) is 0 Å². The van der Waals surface area contributed by atoms with E-state index in [0.29, 0.717) is 17.9 Å². The molecule has 2 heterocycles. The minimum atomic E-state index is 0.611. The molecule has 0 saturated carbocycles. The standard InChI is InChI=1S/C11H12N6/c1-8-4-9(6-12)5-11(16-8)13-3-2-10-14-7-15-17-10/h4-5,7H,2-3H2,1H3,(H,13,16)(H,14,15,17). The number of H-pyrrole nitrogens is 1. The predicted molar refractivity (Wildman–Crippen MR) is 62.3 cm³/mol. The van der Waals surface area contributed by atoms with Crippen molar-refractivity contribution < 1.29 is 0 Å². The molecule has 17 heavy (non-hydrogen) atoms. The molecule has 0 bridgehead atoms. The van der Waals surface area contributed by atoms with Crippen LogP contribution in [0.1, 0.15) is 17.1 Å². The SMILES string of the molecule is Cc1cc(C#N)cc(NCCc2ncn[nH]2)n1. The summed E-state index contributed by atoms with van der Waals surface area (Å²) in [5, 5.41) is 18.5. The van der Waals surface area contributed by atoms with Gasteiger partial charge in [0.2, 0.25) is 0 Å². The lowest BCUT2D eigenvalue weighted by Crippen LogP contribution is -2.08. The number of nitrogens with one attached hydrogen (secondary N) is 2. The Balaban J connectivity index is 1.95. The second kappa shape index (κ2) is 5.07. The number of aromatic nitrogens is 4. The van der Waals surface area contributed by atoms with Gasteiger partial charge in [0.05, 0.1) is 11.6 Å². The van der Waals surface area contributed by atoms with E-state index >= 15 is 0 Å². The molecule has 0 amide bonds. The molecule has 6 heteroatoms. The lowest BCUT2D eigenvalue weighted by Gasteiger charge is -2.05. The summed E-state index contributed by atoms with van der Waals surface area (Å²) in [6, 6.07) is 5.58. The Morgan fingerprint density at radius 1 is 1.47 bits per heavy atom. The Hall–Kier alpha value is -2.42. The van der Waals surface area contributed by atoms with E-state index in [9.17, 15) is 0 Å². The third-order valence-electron chi connectivity index (χ3n) is 2.22. The van der Waals surface area contributed by atoms with E-state index in [1.807, 2.05) is 6.92 Å². The fraction of sp³-hybridized carbons (Fsp3) is 0.273. The number of aromatic amines is 1. The maximum absolute atomic E-state index is 8.83. The first-order valence-electron chi connectivity index (χ1n) is 5.25. The van der Waals surface area contributed by atoms with E-state index in [1.54, 1.807) is 12.1 Å². The van der Waals surface area contributed by atoms with Crippen LogP contribution in [0.3, 0.4) is 0 Å². The van der Waals surface area contributed by atoms with Crippen LogP contribution in [0.2, 0.25) is 0 Å². The fourth-order valence-electron chi connectivity index (χ4n) is 1.48. The van der Waals surface area contributed by atoms with Gasteiger partial charge in [-0.25, -0.2) is 9.97 Å². The Labute approximate surface area is 98.7 Å². The molecule has 0 aromatic carbocycles. The molecule has 0 saturated heterocycles. The Morgan fingerprint density at radius 2 is 2.35 bits per heavy atom. The van der Waals surface area contributed by atoms with Crippen molar-refractivity contribution in [3.05, 3.63) is 35.5 Å². The van der Waals surface area contributed by atoms with Crippen molar-refractivity contribution in [3.63, 3.8) is 0 Å². The van der Waals surface area contributed by atoms with E-state index in [4.69, 9.17) is 5.26 Å². The highest BCUT2D eigenvalue weighted by Crippen LogP contribution is 2.08. The van der Waals surface area contributed by atoms with Crippen LogP contribution in [0.25, 0.3) is 0 Å². The largest absolute Gasteiger partial charge is 0.370 e. The minimum absolute atomic E-state index is 0.611. The van der Waals surface area contributed by atoms with Crippen molar-refractivity contribution in [1.82, 2.24) is 20.2 Å². The second-order valence-electron chi connectivity index (χ2n) is 3.60. The summed E-state index contributed by atoms with van der Waals surface area (Å²) in [5.41, 5.74) is 1.44. The van der Waals surface area contributed by atoms with Crippen LogP contribution in [0, 0.1) is 18.3 Å². The molecular weight excluding hydrogens is 216 g/mol. The van der Waals surface area contributed by atoms with E-state index in [-0.39, 0.29) is 0 Å². The van der Waals surface area contributed by atoms with Crippen LogP contribution in [0.15, 0.2) is 18.5 Å². The van der Waals surface area contributed by atoms with Crippen molar-refractivity contribution in [2.75, 3.05) is 11.9 Å². The lowest BCUT2D eigenvalue weighted by molar-refractivity contribution is 0.896. The Morgan fingerprint density at radius 3 is 3.06 bits per heavy atom. The Kier molecular flexibility index (Phi) is 3.31. The molecule has 0 atom stereocenters. The summed E-state index contributed by atoms with van der Waals surface area (Å²) in [6.07, 6.45) is 2.21. The highest BCUT2D eigenvalue weighted by atomic mass is 15.2. The molecule has 0 aliphatic rings. The molecular formula is C11H12N6. The van der Waals surface area contributed by atoms with Gasteiger partial charge in [-0.3, -0.25) is 5.10 Å². The molecule has 86 valence electrons. The number of hydrogen-bond donors (Lipinski definition) is 2. The van der Waals surface area contributed by atoms with Gasteiger partial charge in [0.1, 0.15) is 18.0 Å². The molecule has 0 fully saturated rings. The van der Waals surface area contributed by atoms with E-state index in [0.717, 1.165) is 17.9 Å². The third-order valence-corrected chi connectivity index (χ3v) is 2.22. The zero-order chi connectivity index (χ0) is 12.1. The number of anilines is 1. The van der Waals surface area contributed by atoms with Crippen molar-refractivity contribution in [2.45, 2.75) is 13.3 Å². The molecule has 0 spiro atoms. The Bertz CT molecular complexity index is 525. The van der Waals surface area contributed by atoms with Gasteiger partial charge in [0.25, 0.3) is 0 Å². The highest BCUT2D eigenvalue weighted by Gasteiger charge is 2.00. The number of aryl methyl sites for hydroxylation is 1. The molecule has 2 aromatic rings. The first-order valence-corrected chi connectivity index (χ1v) is 5.25. The molecule has 0 unspecified atom stereocenters. The molecule has 0 radical (unpaired) electrons. The van der Waals surface area contributed by atoms with Gasteiger partial charge in [-0.15, -0.1) is 0 Å². The van der Waals surface area contributed by atoms with Gasteiger partial charge in [0, 0.05) is 18.7 Å². The maximum atomic E-state index is 8.83. The first-order chi connectivity index (χ1) is 8.28. The number of rotatable bonds is 4. The summed E-state index contributed by atoms with van der Waals surface area (Å²) in [6.45, 7) is 2.55. The predicted octanol–water partition coefficient (Wildman–Crippen LogP) is 1.03. The van der Waals surface area contributed by atoms with E-state index in [1.165, 1.54) is 6.33 Å². The number of nitriles is 1. The summed E-state index contributed by atoms with van der Waals surface area (Å²) in [7, 11) is 0. The van der Waals surface area contributed by atoms with Crippen LogP contribution in [0.4, 0.5) is 5.82 Å². The first kappa shape index (κ1) is 11.1. The highest BCUT2D eigenvalue weighted by molar-refractivity contribution is 5.44. The van der Waals surface area contributed by atoms with Gasteiger partial charge in [-0.1, -0.05) is 0 Å². The summed E-state index contributed by atoms with van der Waals surface area (Å²) in [5.74, 6) is 1.53. The quantitative estimate of drug-likeness (QED) is 0.815. The zero-order valence-corrected chi connectivity index (χ0v) is 9.44. The normalized spacial score (nSPS) is 9.88. The molecule has 2 rings (SSSR count). The van der Waals surface area contributed by atoms with Crippen molar-refractivity contribution in [1.29, 1.82) is 5.26 Å². The number of hydrogen-bond acceptors (Lipinski definition) is 5. The lowest BCUT2D eigenvalue weighted by atomic mass is 10.2. The van der Waals surface area contributed by atoms with Crippen LogP contribution in [-0.4, -0.2) is 26.7 Å². The zero-order valence-electron chi connectivity index (χ0n) is 9.44. The van der Waals surface area contributed by atoms with Gasteiger partial charge in [0.15, 0.2) is 0 Å². The average Bonchev–Trinajstić information content (AvgIpc) is 2.81. The molecule has 0 aliphatic heterocycles. The number of nitrogens with zero attached hydrogens (tertiary/aromatic N) is 4. The third kappa shape index (κ3) is 3.01. The van der Waals surface area contributed by atoms with E-state index in [2.05, 4.69) is 31.6 Å². The minimum Gasteiger partial charge on any atom is -0.370 e. The van der Waals surface area contributed by atoms with Crippen LogP contribution in [0.5, 0.6) is 0 Å². The van der Waals surface area contributed by atoms with Gasteiger partial charge in [-0.2, -0.15) is 10.4 Å². The second-order valence-corrected chi connectivity index (χ2v) is 3.60. The summed E-state index contributed by atoms with van der Waals surface area (Å²) in [4.78, 5) is 8.31. The summed E-state index contributed by atoms with van der Waals surface area (Å²) >= 11 is 0. The van der Waals surface area contributed by atoms with Crippen LogP contribution < -0.4 is 5.32 Å². The van der Waals surface area contributed by atoms with Crippen molar-refractivity contribution >= 4 is 5.82 Å². The molecule has 6 nitrogen and oxygen atoms in total. The number of pyridine rings is 1. The average molecular weight is 228 g/mol.